The molecule has 0 unspecified atom stereocenters. The fourth-order valence-corrected chi connectivity index (χ4v) is 19.5. The number of nitrogens with zero attached hydrogens (tertiary/aromatic N) is 8. The van der Waals surface area contributed by atoms with E-state index in [1.54, 1.807) is 41.9 Å². The molecule has 3 fully saturated rings. The second-order valence-corrected chi connectivity index (χ2v) is 36.0. The van der Waals surface area contributed by atoms with Crippen LogP contribution in [0.4, 0.5) is 0 Å². The molecule has 4 aromatic rings. The number of Topliss-reactive ketones (excluding diaryl/α,β-unsaturated/α-hetero) is 4. The summed E-state index contributed by atoms with van der Waals surface area (Å²) < 4.78 is 63.4. The number of aliphatic hydroxyl groups is 1. The Kier molecular flexibility index (Phi) is 45.6. The van der Waals surface area contributed by atoms with E-state index in [1.165, 1.54) is 58.3 Å². The highest BCUT2D eigenvalue weighted by Gasteiger charge is 2.55. The maximum atomic E-state index is 14.0. The molecule has 0 bridgehead atoms. The number of carboxylic acid groups (broad SMARTS) is 6. The summed E-state index contributed by atoms with van der Waals surface area (Å²) in [6, 6.07) is 26.1. The van der Waals surface area contributed by atoms with E-state index in [-0.39, 0.29) is 143 Å². The summed E-state index contributed by atoms with van der Waals surface area (Å²) in [5.41, 5.74) is 14.1. The first kappa shape index (κ1) is 106. The molecule has 2 heterocycles. The summed E-state index contributed by atoms with van der Waals surface area (Å²) >= 11 is 0. The zero-order valence-corrected chi connectivity index (χ0v) is 72.9. The molecule has 1 saturated carbocycles. The van der Waals surface area contributed by atoms with E-state index >= 15 is 0 Å². The van der Waals surface area contributed by atoms with Gasteiger partial charge in [0.2, 0.25) is 5.91 Å². The first-order valence-corrected chi connectivity index (χ1v) is 44.8. The molecule has 1 aliphatic carbocycles. The Balaban J connectivity index is 0.000000437. The number of ether oxygens (including phenoxy) is 2. The number of para-hydroxylation sites is 2. The molecule has 2 saturated heterocycles. The minimum Gasteiger partial charge on any atom is -0.480 e. The minimum absolute atomic E-state index is 0.0320. The molecule has 696 valence electrons. The number of ketones is 4. The van der Waals surface area contributed by atoms with E-state index in [2.05, 4.69) is 28.7 Å². The Labute approximate surface area is 732 Å². The van der Waals surface area contributed by atoms with Crippen LogP contribution in [0.5, 0.6) is 23.0 Å². The lowest BCUT2D eigenvalue weighted by Gasteiger charge is -2.40. The number of benzene rings is 4. The van der Waals surface area contributed by atoms with E-state index < -0.39 is 139 Å². The monoisotopic (exact) mass is 1810 g/mol. The van der Waals surface area contributed by atoms with Crippen LogP contribution in [0.15, 0.2) is 119 Å². The van der Waals surface area contributed by atoms with Gasteiger partial charge in [-0.2, -0.15) is 9.59 Å². The van der Waals surface area contributed by atoms with Crippen LogP contribution in [0.3, 0.4) is 0 Å². The normalized spacial score (nSPS) is 17.6. The van der Waals surface area contributed by atoms with Crippen molar-refractivity contribution in [3.63, 3.8) is 0 Å². The molecule has 41 heteroatoms. The van der Waals surface area contributed by atoms with E-state index in [0.717, 1.165) is 42.5 Å². The van der Waals surface area contributed by atoms with E-state index in [9.17, 15) is 115 Å². The van der Waals surface area contributed by atoms with Crippen molar-refractivity contribution in [3.8, 4) is 23.0 Å². The molecule has 7 rings (SSSR count). The molecule has 2 aliphatic heterocycles. The Hall–Kier alpha value is -10.2. The number of hydrogen-bond donors (Lipinski definition) is 11. The number of piperidine rings is 1. The SMILES string of the molecule is CCN1CCN(C)CCN(CC(=O)CCCCC[C@H](N)C(=O)C2CCC(C(=O)NO)(S(=O)(=O)c3ccc(Oc4ccccc4)cc3)CC2)CCN(CC(=O)O)CC1.N[C@@H](CCCCCC(=O)CC[C@@H](C(=O)O)N(CCN(CC(=O)O)CC(=O)O)CCN(CC(=O)O)CC(=O)O)C(=O)N1CCC(C(=O)CO)(S(=O)(=O)c2ccc(Oc3ccccc3)cc2)CC1.O=C=O. The van der Waals surface area contributed by atoms with Crippen LogP contribution >= 0.6 is 0 Å². The zero-order chi connectivity index (χ0) is 93.2. The Morgan fingerprint density at radius 3 is 1.32 bits per heavy atom. The van der Waals surface area contributed by atoms with Gasteiger partial charge in [-0.15, -0.1) is 0 Å². The number of carbonyl (C=O) groups excluding carboxylic acids is 8. The molecule has 39 nitrogen and oxygen atoms in total. The van der Waals surface area contributed by atoms with Gasteiger partial charge in [-0.1, -0.05) is 69.0 Å². The third kappa shape index (κ3) is 34.5. The summed E-state index contributed by atoms with van der Waals surface area (Å²) in [6.07, 6.45) is 3.62. The molecule has 0 radical (unpaired) electrons. The van der Waals surface area contributed by atoms with Gasteiger partial charge in [-0.05, 0) is 157 Å². The van der Waals surface area contributed by atoms with Crippen LogP contribution in [0.2, 0.25) is 0 Å². The Bertz CT molecular complexity index is 4390. The van der Waals surface area contributed by atoms with Gasteiger partial charge < -0.3 is 71.4 Å². The number of nitrogens with one attached hydrogen (secondary N) is 1. The quantitative estimate of drug-likeness (QED) is 0.0172. The highest BCUT2D eigenvalue weighted by Crippen LogP contribution is 2.43. The van der Waals surface area contributed by atoms with Gasteiger partial charge in [0.25, 0.3) is 5.91 Å². The number of aliphatic carboxylic acids is 6. The first-order chi connectivity index (χ1) is 59.9. The van der Waals surface area contributed by atoms with Gasteiger partial charge in [-0.3, -0.25) is 87.2 Å². The minimum atomic E-state index is -4.33. The van der Waals surface area contributed by atoms with Crippen LogP contribution in [-0.4, -0.2) is 353 Å². The van der Waals surface area contributed by atoms with Crippen LogP contribution in [0.1, 0.15) is 122 Å². The smallest absolute Gasteiger partial charge is 0.373 e. The molecule has 13 N–H and O–H groups in total. The molecule has 3 atom stereocenters. The number of unbranched alkanes of at least 4 members (excludes halogenated alkanes) is 4. The third-order valence-electron chi connectivity index (χ3n) is 22.7. The molecular formula is C85H121N11O28S2. The molecular weight excluding hydrogens is 1690 g/mol. The van der Waals surface area contributed by atoms with Crippen LogP contribution in [0, 0.1) is 5.92 Å². The lowest BCUT2D eigenvalue weighted by atomic mass is 9.77. The van der Waals surface area contributed by atoms with Crippen molar-refractivity contribution < 1.29 is 134 Å². The number of hydroxylamine groups is 1. The highest BCUT2D eigenvalue weighted by molar-refractivity contribution is 7.94. The van der Waals surface area contributed by atoms with Crippen molar-refractivity contribution in [2.75, 3.05) is 151 Å². The van der Waals surface area contributed by atoms with Crippen molar-refractivity contribution >= 4 is 96.6 Å². The third-order valence-corrected chi connectivity index (χ3v) is 27.7. The number of hydrogen-bond acceptors (Lipinski definition) is 31. The van der Waals surface area contributed by atoms with Gasteiger partial charge in [-0.25, -0.2) is 22.3 Å². The fourth-order valence-electron chi connectivity index (χ4n) is 15.5. The average molecular weight is 1810 g/mol. The molecule has 3 aliphatic rings. The number of nitrogens with two attached hydrogens (primary N) is 2. The van der Waals surface area contributed by atoms with Gasteiger partial charge >= 0.3 is 42.0 Å². The average Bonchev–Trinajstić information content (AvgIpc) is 0.746. The second kappa shape index (κ2) is 54.1. The standard InChI is InChI=1S/C43H59N5O17S.C41H62N6O9S.CO2/c44-34(41(60)48-19-17-43(18-20-48,36(51)29-49)66(63,64)33-14-12-32(13-15-33)65-31-8-4-2-5-9-31)10-6-1-3-7-30(50)11-16-35(42(61)62)47(23-21-45(25-37(52)53)26-38(54)55)24-22-46(27-39(56)57)28-40(58)59;1-3-45-24-22-44(2)23-25-46(28-29-47(27-26-45)31-38(49)50)30-33(48)10-6-4-9-13-37(42)39(51)32-18-20-41(21-19-32,40(52)43-53)57(54,55)36-16-14-35(15-17-36)56-34-11-7-5-8-12-34;2-1-3/h2,4-5,8-9,12-15,34-35,49H,1,3,6-7,10-11,16-29,44H2,(H,52,53)(H,54,55)(H,56,57)(H,58,59)(H,61,62);5,7-8,11-12,14-17,32,37,53H,3-4,6,9-10,13,18-31,42H2,1-2H3,(H,43,52)(H,49,50);/t34-,35-;32?,37-,41?;/m00./s1. The zero-order valence-electron chi connectivity index (χ0n) is 71.3. The number of rotatable bonds is 50. The summed E-state index contributed by atoms with van der Waals surface area (Å²) in [5, 5.41) is 75.9. The second-order valence-electron chi connectivity index (χ2n) is 31.5. The van der Waals surface area contributed by atoms with Crippen LogP contribution in [0.25, 0.3) is 0 Å². The topological polar surface area (TPSA) is 578 Å². The number of carbonyl (C=O) groups is 12. The van der Waals surface area contributed by atoms with E-state index in [0.29, 0.717) is 107 Å². The molecule has 0 spiro atoms. The lowest BCUT2D eigenvalue weighted by molar-refractivity contribution is -0.192. The highest BCUT2D eigenvalue weighted by atomic mass is 32.2. The number of aliphatic hydroxyl groups excluding tert-OH is 1. The summed E-state index contributed by atoms with van der Waals surface area (Å²) in [6.45, 7) is 4.39. The maximum Gasteiger partial charge on any atom is 0.373 e. The van der Waals surface area contributed by atoms with Crippen molar-refractivity contribution in [2.24, 2.45) is 17.4 Å². The molecule has 126 heavy (non-hydrogen) atoms. The maximum absolute atomic E-state index is 14.0. The summed E-state index contributed by atoms with van der Waals surface area (Å²) in [4.78, 5) is 178. The number of carboxylic acids is 6. The predicted octanol–water partition coefficient (Wildman–Crippen LogP) is 2.98. The van der Waals surface area contributed by atoms with Gasteiger partial charge in [0, 0.05) is 117 Å². The van der Waals surface area contributed by atoms with E-state index in [1.807, 2.05) is 29.2 Å². The first-order valence-electron chi connectivity index (χ1n) is 41.8. The number of amides is 2. The van der Waals surface area contributed by atoms with Crippen molar-refractivity contribution in [2.45, 2.75) is 160 Å². The van der Waals surface area contributed by atoms with Gasteiger partial charge in [0.1, 0.15) is 52.0 Å². The van der Waals surface area contributed by atoms with Crippen molar-refractivity contribution in [3.05, 3.63) is 109 Å². The van der Waals surface area contributed by atoms with Crippen LogP contribution in [-0.2, 0) is 86.8 Å². The Morgan fingerprint density at radius 2 is 0.897 bits per heavy atom. The predicted molar refractivity (Wildman–Crippen MR) is 453 cm³/mol. The van der Waals surface area contributed by atoms with Gasteiger partial charge in [0.15, 0.2) is 36.0 Å². The van der Waals surface area contributed by atoms with Crippen LogP contribution < -0.4 is 26.4 Å². The van der Waals surface area contributed by atoms with Gasteiger partial charge in [0.05, 0.1) is 61.1 Å². The fraction of sp³-hybridized carbons (Fsp3) is 0.565. The number of sulfone groups is 2. The number of likely N-dealkylation sites (tertiary alicyclic amines) is 1. The lowest BCUT2D eigenvalue weighted by Crippen LogP contribution is -2.57. The largest absolute Gasteiger partial charge is 0.480 e. The number of likely N-dealkylation sites (N-methyl/N-ethyl adjacent to an activating group) is 2. The molecule has 4 aromatic carbocycles. The van der Waals surface area contributed by atoms with Crippen molar-refractivity contribution in [1.29, 1.82) is 0 Å². The van der Waals surface area contributed by atoms with E-state index in [4.69, 9.17) is 30.5 Å². The Morgan fingerprint density at radius 1 is 0.492 bits per heavy atom. The molecule has 0 aromatic heterocycles. The summed E-state index contributed by atoms with van der Waals surface area (Å²) in [5.74, 6) is -8.90. The molecule has 2 amide bonds. The van der Waals surface area contributed by atoms with Crippen molar-refractivity contribution in [1.82, 2.24) is 44.7 Å². The summed E-state index contributed by atoms with van der Waals surface area (Å²) in [7, 11) is -6.53.